The third kappa shape index (κ3) is 9.05. The van der Waals surface area contributed by atoms with Gasteiger partial charge >= 0.3 is 0 Å². The molecule has 0 spiro atoms. The van der Waals surface area contributed by atoms with E-state index >= 15 is 0 Å². The van der Waals surface area contributed by atoms with E-state index in [2.05, 4.69) is 20.9 Å². The number of rotatable bonds is 7. The number of carbonyl (C=O) groups is 2. The van der Waals surface area contributed by atoms with Crippen LogP contribution in [-0.4, -0.2) is 36.4 Å². The first-order chi connectivity index (χ1) is 10.7. The van der Waals surface area contributed by atoms with Crippen LogP contribution in [0.15, 0.2) is 24.5 Å². The average molecular weight is 377 g/mol. The standard InChI is InChI=1S/C16H24N4O2.2ClH/c21-15(4-3-13-5-9-17-10-6-13)19-11-7-16(22)20-14-2-1-8-18-12-14;;/h1-2,8,12-13,17H,3-7,9-11H2,(H,19,21)(H,20,22);2*1H. The molecule has 1 aliphatic rings. The Bertz CT molecular complexity index is 482. The fraction of sp³-hybridized carbons (Fsp3) is 0.562. The lowest BCUT2D eigenvalue weighted by atomic mass is 9.93. The van der Waals surface area contributed by atoms with Gasteiger partial charge < -0.3 is 16.0 Å². The van der Waals surface area contributed by atoms with E-state index in [1.807, 2.05) is 0 Å². The zero-order valence-corrected chi connectivity index (χ0v) is 15.3. The first-order valence-electron chi connectivity index (χ1n) is 7.91. The smallest absolute Gasteiger partial charge is 0.226 e. The molecule has 24 heavy (non-hydrogen) atoms. The maximum atomic E-state index is 11.8. The van der Waals surface area contributed by atoms with Crippen molar-refractivity contribution in [1.82, 2.24) is 15.6 Å². The van der Waals surface area contributed by atoms with Crippen molar-refractivity contribution in [2.45, 2.75) is 32.1 Å². The van der Waals surface area contributed by atoms with Crippen LogP contribution in [0.25, 0.3) is 0 Å². The Kier molecular flexibility index (Phi) is 12.2. The molecule has 2 amide bonds. The number of piperidine rings is 1. The van der Waals surface area contributed by atoms with E-state index in [1.165, 1.54) is 0 Å². The fourth-order valence-corrected chi connectivity index (χ4v) is 2.57. The van der Waals surface area contributed by atoms with Crippen molar-refractivity contribution in [2.24, 2.45) is 5.92 Å². The van der Waals surface area contributed by atoms with Crippen LogP contribution in [-0.2, 0) is 9.59 Å². The summed E-state index contributed by atoms with van der Waals surface area (Å²) in [5.74, 6) is 0.570. The number of carbonyl (C=O) groups excluding carboxylic acids is 2. The molecular formula is C16H26Cl2N4O2. The SMILES string of the molecule is Cl.Cl.O=C(CCC1CCNCC1)NCCC(=O)Nc1cccnc1. The zero-order chi connectivity index (χ0) is 15.6. The molecule has 3 N–H and O–H groups in total. The number of hydrogen-bond donors (Lipinski definition) is 3. The molecule has 0 atom stereocenters. The molecular weight excluding hydrogens is 351 g/mol. The second-order valence-corrected chi connectivity index (χ2v) is 5.62. The number of aromatic nitrogens is 1. The summed E-state index contributed by atoms with van der Waals surface area (Å²) in [6.07, 6.45) is 7.31. The summed E-state index contributed by atoms with van der Waals surface area (Å²) >= 11 is 0. The summed E-state index contributed by atoms with van der Waals surface area (Å²) < 4.78 is 0. The van der Waals surface area contributed by atoms with E-state index in [4.69, 9.17) is 0 Å². The fourth-order valence-electron chi connectivity index (χ4n) is 2.57. The first-order valence-corrected chi connectivity index (χ1v) is 7.91. The van der Waals surface area contributed by atoms with Crippen molar-refractivity contribution >= 4 is 42.3 Å². The van der Waals surface area contributed by atoms with E-state index in [0.717, 1.165) is 32.4 Å². The number of amides is 2. The molecule has 8 heteroatoms. The monoisotopic (exact) mass is 376 g/mol. The molecule has 2 heterocycles. The van der Waals surface area contributed by atoms with Crippen molar-refractivity contribution in [3.05, 3.63) is 24.5 Å². The average Bonchev–Trinajstić information content (AvgIpc) is 2.55. The molecule has 1 saturated heterocycles. The first kappa shape index (κ1) is 22.6. The number of nitrogens with one attached hydrogen (secondary N) is 3. The van der Waals surface area contributed by atoms with Gasteiger partial charge in [0.05, 0.1) is 11.9 Å². The van der Waals surface area contributed by atoms with Gasteiger partial charge in [-0.2, -0.15) is 0 Å². The highest BCUT2D eigenvalue weighted by atomic mass is 35.5. The molecule has 1 aromatic rings. The van der Waals surface area contributed by atoms with Crippen molar-refractivity contribution in [3.63, 3.8) is 0 Å². The Hall–Kier alpha value is -1.37. The summed E-state index contributed by atoms with van der Waals surface area (Å²) in [6, 6.07) is 3.54. The lowest BCUT2D eigenvalue weighted by Gasteiger charge is -2.22. The Morgan fingerprint density at radius 2 is 1.92 bits per heavy atom. The molecule has 136 valence electrons. The molecule has 1 aromatic heterocycles. The predicted molar refractivity (Wildman–Crippen MR) is 99.8 cm³/mol. The van der Waals surface area contributed by atoms with Gasteiger partial charge in [0.2, 0.25) is 11.8 Å². The van der Waals surface area contributed by atoms with E-state index in [1.54, 1.807) is 24.5 Å². The minimum Gasteiger partial charge on any atom is -0.356 e. The Morgan fingerprint density at radius 3 is 2.58 bits per heavy atom. The number of nitrogens with zero attached hydrogens (tertiary/aromatic N) is 1. The minimum atomic E-state index is -0.119. The largest absolute Gasteiger partial charge is 0.356 e. The quantitative estimate of drug-likeness (QED) is 0.680. The number of pyridine rings is 1. The molecule has 6 nitrogen and oxygen atoms in total. The van der Waals surface area contributed by atoms with Gasteiger partial charge in [-0.25, -0.2) is 0 Å². The lowest BCUT2D eigenvalue weighted by Crippen LogP contribution is -2.30. The van der Waals surface area contributed by atoms with Crippen LogP contribution in [0.5, 0.6) is 0 Å². The van der Waals surface area contributed by atoms with Crippen LogP contribution in [0, 0.1) is 5.92 Å². The summed E-state index contributed by atoms with van der Waals surface area (Å²) in [5, 5.41) is 8.87. The van der Waals surface area contributed by atoms with Crippen LogP contribution in [0.3, 0.4) is 0 Å². The van der Waals surface area contributed by atoms with Crippen molar-refractivity contribution in [1.29, 1.82) is 0 Å². The third-order valence-electron chi connectivity index (χ3n) is 3.86. The van der Waals surface area contributed by atoms with E-state index in [9.17, 15) is 9.59 Å². The highest BCUT2D eigenvalue weighted by molar-refractivity contribution is 5.90. The number of anilines is 1. The van der Waals surface area contributed by atoms with E-state index in [-0.39, 0.29) is 43.0 Å². The van der Waals surface area contributed by atoms with Crippen LogP contribution in [0.1, 0.15) is 32.1 Å². The Balaban J connectivity index is 0.00000264. The van der Waals surface area contributed by atoms with Gasteiger partial charge in [0.25, 0.3) is 0 Å². The summed E-state index contributed by atoms with van der Waals surface area (Å²) in [4.78, 5) is 27.4. The van der Waals surface area contributed by atoms with Crippen molar-refractivity contribution in [3.8, 4) is 0 Å². The Labute approximate surface area is 155 Å². The maximum Gasteiger partial charge on any atom is 0.226 e. The molecule has 0 radical (unpaired) electrons. The zero-order valence-electron chi connectivity index (χ0n) is 13.6. The van der Waals surface area contributed by atoms with Crippen LogP contribution in [0.2, 0.25) is 0 Å². The molecule has 0 aromatic carbocycles. The molecule has 2 rings (SSSR count). The molecule has 0 unspecified atom stereocenters. The van der Waals surface area contributed by atoms with E-state index in [0.29, 0.717) is 24.6 Å². The van der Waals surface area contributed by atoms with Crippen molar-refractivity contribution in [2.75, 3.05) is 25.0 Å². The third-order valence-corrected chi connectivity index (χ3v) is 3.86. The summed E-state index contributed by atoms with van der Waals surface area (Å²) in [6.45, 7) is 2.48. The van der Waals surface area contributed by atoms with Crippen LogP contribution in [0.4, 0.5) is 5.69 Å². The van der Waals surface area contributed by atoms with Crippen molar-refractivity contribution < 1.29 is 9.59 Å². The van der Waals surface area contributed by atoms with E-state index < -0.39 is 0 Å². The van der Waals surface area contributed by atoms with Crippen LogP contribution >= 0.6 is 24.8 Å². The molecule has 1 aliphatic heterocycles. The number of halogens is 2. The minimum absolute atomic E-state index is 0. The molecule has 0 bridgehead atoms. The van der Waals surface area contributed by atoms with Gasteiger partial charge in [-0.15, -0.1) is 24.8 Å². The maximum absolute atomic E-state index is 11.8. The van der Waals surface area contributed by atoms with Gasteiger partial charge in [0.15, 0.2) is 0 Å². The van der Waals surface area contributed by atoms with Gasteiger partial charge in [-0.1, -0.05) is 0 Å². The molecule has 1 fully saturated rings. The molecule has 0 saturated carbocycles. The summed E-state index contributed by atoms with van der Waals surface area (Å²) in [5.41, 5.74) is 0.671. The highest BCUT2D eigenvalue weighted by Crippen LogP contribution is 2.17. The lowest BCUT2D eigenvalue weighted by molar-refractivity contribution is -0.121. The second-order valence-electron chi connectivity index (χ2n) is 5.62. The highest BCUT2D eigenvalue weighted by Gasteiger charge is 2.14. The molecule has 0 aliphatic carbocycles. The normalized spacial score (nSPS) is 14.0. The van der Waals surface area contributed by atoms with Gasteiger partial charge in [0, 0.05) is 25.6 Å². The second kappa shape index (κ2) is 13.0. The summed E-state index contributed by atoms with van der Waals surface area (Å²) in [7, 11) is 0. The van der Waals surface area contributed by atoms with Gasteiger partial charge in [0.1, 0.15) is 0 Å². The Morgan fingerprint density at radius 1 is 1.17 bits per heavy atom. The number of hydrogen-bond acceptors (Lipinski definition) is 4. The topological polar surface area (TPSA) is 83.1 Å². The van der Waals surface area contributed by atoms with Crippen LogP contribution < -0.4 is 16.0 Å². The predicted octanol–water partition coefficient (Wildman–Crippen LogP) is 2.15. The van der Waals surface area contributed by atoms with Gasteiger partial charge in [-0.05, 0) is 50.4 Å². The van der Waals surface area contributed by atoms with Gasteiger partial charge in [-0.3, -0.25) is 14.6 Å².